The molecule has 1 fully saturated rings. The lowest BCUT2D eigenvalue weighted by molar-refractivity contribution is 0.376. The highest BCUT2D eigenvalue weighted by Crippen LogP contribution is 2.38. The van der Waals surface area contributed by atoms with Gasteiger partial charge in [-0.1, -0.05) is 54.6 Å². The second-order valence-electron chi connectivity index (χ2n) is 8.77. The smallest absolute Gasteiger partial charge is 0.169 e. The highest BCUT2D eigenvalue weighted by atomic mass is 19.2. The SMILES string of the molecule is C=CC1CCC(c2ccc(-c3ccc4cc(CC/C=C/C)c(F)c(F)c4c3F)cc2)CC1. The summed E-state index contributed by atoms with van der Waals surface area (Å²) in [5, 5.41) is 0.109. The van der Waals surface area contributed by atoms with Crippen LogP contribution in [0.2, 0.25) is 0 Å². The normalized spacial score (nSPS) is 19.0. The highest BCUT2D eigenvalue weighted by molar-refractivity contribution is 5.89. The molecule has 1 aliphatic rings. The molecule has 166 valence electrons. The van der Waals surface area contributed by atoms with Crippen molar-refractivity contribution < 1.29 is 13.2 Å². The summed E-state index contributed by atoms with van der Waals surface area (Å²) in [4.78, 5) is 0. The van der Waals surface area contributed by atoms with Crippen molar-refractivity contribution in [3.63, 3.8) is 0 Å². The molecule has 0 atom stereocenters. The zero-order valence-electron chi connectivity index (χ0n) is 18.5. The molecule has 3 aromatic rings. The molecule has 1 saturated carbocycles. The van der Waals surface area contributed by atoms with E-state index in [1.54, 1.807) is 18.2 Å². The quantitative estimate of drug-likeness (QED) is 0.340. The van der Waals surface area contributed by atoms with Gasteiger partial charge in [-0.2, -0.15) is 0 Å². The van der Waals surface area contributed by atoms with Crippen LogP contribution in [0.4, 0.5) is 13.2 Å². The number of aryl methyl sites for hydroxylation is 1. The van der Waals surface area contributed by atoms with Gasteiger partial charge in [0.1, 0.15) is 5.82 Å². The van der Waals surface area contributed by atoms with Crippen molar-refractivity contribution in [2.24, 2.45) is 5.92 Å². The molecule has 0 aromatic heterocycles. The minimum atomic E-state index is -1.10. The van der Waals surface area contributed by atoms with E-state index in [4.69, 9.17) is 0 Å². The van der Waals surface area contributed by atoms with Crippen LogP contribution in [0.3, 0.4) is 0 Å². The van der Waals surface area contributed by atoms with Crippen molar-refractivity contribution in [2.45, 2.75) is 51.4 Å². The number of hydrogen-bond acceptors (Lipinski definition) is 0. The Morgan fingerprint density at radius 3 is 2.28 bits per heavy atom. The Morgan fingerprint density at radius 2 is 1.62 bits per heavy atom. The third-order valence-corrected chi connectivity index (χ3v) is 6.81. The molecule has 0 amide bonds. The second kappa shape index (κ2) is 9.77. The van der Waals surface area contributed by atoms with E-state index >= 15 is 4.39 Å². The monoisotopic (exact) mass is 434 g/mol. The minimum absolute atomic E-state index is 0.274. The Morgan fingerprint density at radius 1 is 0.906 bits per heavy atom. The molecule has 0 bridgehead atoms. The van der Waals surface area contributed by atoms with E-state index in [1.165, 1.54) is 5.56 Å². The zero-order chi connectivity index (χ0) is 22.7. The first kappa shape index (κ1) is 22.4. The van der Waals surface area contributed by atoms with Gasteiger partial charge in [-0.05, 0) is 85.4 Å². The predicted molar refractivity (Wildman–Crippen MR) is 127 cm³/mol. The number of rotatable bonds is 6. The molecule has 0 saturated heterocycles. The maximum absolute atomic E-state index is 15.3. The molecule has 0 spiro atoms. The van der Waals surface area contributed by atoms with Crippen LogP contribution in [-0.2, 0) is 6.42 Å². The van der Waals surface area contributed by atoms with E-state index in [2.05, 4.69) is 12.7 Å². The van der Waals surface area contributed by atoms with Gasteiger partial charge in [0.15, 0.2) is 11.6 Å². The molecule has 4 rings (SSSR count). The summed E-state index contributed by atoms with van der Waals surface area (Å²) in [5.41, 5.74) is 2.49. The van der Waals surface area contributed by atoms with Crippen molar-refractivity contribution in [2.75, 3.05) is 0 Å². The summed E-state index contributed by atoms with van der Waals surface area (Å²) < 4.78 is 44.8. The van der Waals surface area contributed by atoms with Gasteiger partial charge in [-0.3, -0.25) is 0 Å². The van der Waals surface area contributed by atoms with Gasteiger partial charge in [-0.15, -0.1) is 6.58 Å². The molecule has 0 heterocycles. The van der Waals surface area contributed by atoms with Gasteiger partial charge < -0.3 is 0 Å². The van der Waals surface area contributed by atoms with Crippen LogP contribution in [0.25, 0.3) is 21.9 Å². The highest BCUT2D eigenvalue weighted by Gasteiger charge is 2.22. The van der Waals surface area contributed by atoms with E-state index in [-0.39, 0.29) is 10.9 Å². The first-order chi connectivity index (χ1) is 15.5. The first-order valence-corrected chi connectivity index (χ1v) is 11.5. The lowest BCUT2D eigenvalue weighted by Gasteiger charge is -2.27. The second-order valence-corrected chi connectivity index (χ2v) is 8.77. The number of allylic oxidation sites excluding steroid dienone is 3. The van der Waals surface area contributed by atoms with Crippen LogP contribution < -0.4 is 0 Å². The fourth-order valence-electron chi connectivity index (χ4n) is 4.87. The molecule has 1 aliphatic carbocycles. The van der Waals surface area contributed by atoms with Gasteiger partial charge in [0.05, 0.1) is 5.39 Å². The fraction of sp³-hybridized carbons (Fsp3) is 0.310. The number of fused-ring (bicyclic) bond motifs is 1. The topological polar surface area (TPSA) is 0 Å². The first-order valence-electron chi connectivity index (χ1n) is 11.5. The molecule has 0 unspecified atom stereocenters. The molecule has 3 aromatic carbocycles. The third kappa shape index (κ3) is 4.39. The van der Waals surface area contributed by atoms with Crippen LogP contribution in [-0.4, -0.2) is 0 Å². The predicted octanol–water partition coefficient (Wildman–Crippen LogP) is 8.89. The van der Waals surface area contributed by atoms with Gasteiger partial charge in [0, 0.05) is 5.56 Å². The number of benzene rings is 3. The molecular weight excluding hydrogens is 405 g/mol. The molecule has 3 heteroatoms. The average Bonchev–Trinajstić information content (AvgIpc) is 2.82. The Hall–Kier alpha value is -2.81. The van der Waals surface area contributed by atoms with E-state index in [0.717, 1.165) is 25.7 Å². The van der Waals surface area contributed by atoms with Crippen LogP contribution in [0.5, 0.6) is 0 Å². The summed E-state index contributed by atoms with van der Waals surface area (Å²) >= 11 is 0. The minimum Gasteiger partial charge on any atom is -0.206 e. The summed E-state index contributed by atoms with van der Waals surface area (Å²) in [7, 11) is 0. The van der Waals surface area contributed by atoms with Crippen molar-refractivity contribution >= 4 is 10.8 Å². The van der Waals surface area contributed by atoms with Crippen LogP contribution in [0.1, 0.15) is 56.1 Å². The van der Waals surface area contributed by atoms with Gasteiger partial charge in [0.25, 0.3) is 0 Å². The lowest BCUT2D eigenvalue weighted by Crippen LogP contribution is -2.11. The van der Waals surface area contributed by atoms with Crippen LogP contribution in [0, 0.1) is 23.4 Å². The van der Waals surface area contributed by atoms with E-state index in [0.29, 0.717) is 41.2 Å². The van der Waals surface area contributed by atoms with Gasteiger partial charge in [0.2, 0.25) is 0 Å². The fourth-order valence-corrected chi connectivity index (χ4v) is 4.87. The van der Waals surface area contributed by atoms with Crippen molar-refractivity contribution in [1.29, 1.82) is 0 Å². The molecular formula is C29H29F3. The van der Waals surface area contributed by atoms with Gasteiger partial charge in [-0.25, -0.2) is 13.2 Å². The summed E-state index contributed by atoms with van der Waals surface area (Å²) in [6, 6.07) is 12.8. The molecule has 32 heavy (non-hydrogen) atoms. The van der Waals surface area contributed by atoms with Crippen molar-refractivity contribution in [1.82, 2.24) is 0 Å². The summed E-state index contributed by atoms with van der Waals surface area (Å²) in [5.74, 6) is -1.65. The molecule has 0 radical (unpaired) electrons. The Labute approximate surface area is 188 Å². The molecule has 0 aliphatic heterocycles. The summed E-state index contributed by atoms with van der Waals surface area (Å²) in [6.45, 7) is 5.78. The standard InChI is InChI=1S/C29H29F3/c1-3-5-6-7-24-18-23-16-17-25(28(31)26(23)29(32)27(24)30)22-14-12-21(13-15-22)20-10-8-19(4-2)9-11-20/h3-5,12-20H,2,6-11H2,1H3/b5-3+. The maximum Gasteiger partial charge on any atom is 0.169 e. The lowest BCUT2D eigenvalue weighted by atomic mass is 9.78. The molecule has 0 N–H and O–H groups in total. The maximum atomic E-state index is 15.3. The van der Waals surface area contributed by atoms with E-state index in [1.807, 2.05) is 43.3 Å². The van der Waals surface area contributed by atoms with Crippen molar-refractivity contribution in [3.05, 3.63) is 95.9 Å². The van der Waals surface area contributed by atoms with Gasteiger partial charge >= 0.3 is 0 Å². The third-order valence-electron chi connectivity index (χ3n) is 6.81. The Kier molecular flexibility index (Phi) is 6.83. The average molecular weight is 435 g/mol. The number of halogens is 3. The van der Waals surface area contributed by atoms with Crippen LogP contribution in [0.15, 0.2) is 67.3 Å². The van der Waals surface area contributed by atoms with E-state index < -0.39 is 17.5 Å². The summed E-state index contributed by atoms with van der Waals surface area (Å²) in [6.07, 6.45) is 11.4. The van der Waals surface area contributed by atoms with Crippen LogP contribution >= 0.6 is 0 Å². The largest absolute Gasteiger partial charge is 0.206 e. The number of hydrogen-bond donors (Lipinski definition) is 0. The Bertz CT molecular complexity index is 1130. The van der Waals surface area contributed by atoms with Crippen molar-refractivity contribution in [3.8, 4) is 11.1 Å². The Balaban J connectivity index is 1.63. The van der Waals surface area contributed by atoms with E-state index in [9.17, 15) is 8.78 Å². The molecule has 0 nitrogen and oxygen atoms in total. The zero-order valence-corrected chi connectivity index (χ0v) is 18.5.